The zero-order valence-corrected chi connectivity index (χ0v) is 23.0. The largest absolute Gasteiger partial charge is 0.326 e. The first kappa shape index (κ1) is 27.0. The van der Waals surface area contributed by atoms with Crippen LogP contribution in [0.4, 0.5) is 5.69 Å². The molecule has 3 aromatic carbocycles. The van der Waals surface area contributed by atoms with Gasteiger partial charge >= 0.3 is 0 Å². The molecular weight excluding hydrogens is 482 g/mol. The molecule has 0 radical (unpaired) electrons. The highest BCUT2D eigenvalue weighted by molar-refractivity contribution is 7.90. The minimum Gasteiger partial charge on any atom is -0.326 e. The van der Waals surface area contributed by atoms with Gasteiger partial charge in [0.1, 0.15) is 0 Å². The molecule has 0 bridgehead atoms. The summed E-state index contributed by atoms with van der Waals surface area (Å²) in [6.07, 6.45) is 1.35. The van der Waals surface area contributed by atoms with Crippen molar-refractivity contribution < 1.29 is 13.2 Å². The number of benzene rings is 3. The number of nitrogens with one attached hydrogen (secondary N) is 1. The Bertz CT molecular complexity index is 1330. The summed E-state index contributed by atoms with van der Waals surface area (Å²) in [6.45, 7) is 12.0. The molecule has 4 rings (SSSR count). The third-order valence-corrected chi connectivity index (χ3v) is 8.16. The van der Waals surface area contributed by atoms with E-state index in [1.807, 2.05) is 18.2 Å². The van der Waals surface area contributed by atoms with Gasteiger partial charge < -0.3 is 5.32 Å². The van der Waals surface area contributed by atoms with Gasteiger partial charge in [0.15, 0.2) is 9.84 Å². The fraction of sp³-hybridized carbons (Fsp3) is 0.367. The number of amides is 1. The second-order valence-corrected chi connectivity index (χ2v) is 12.3. The second-order valence-electron chi connectivity index (χ2n) is 10.3. The van der Waals surface area contributed by atoms with E-state index in [1.165, 1.54) is 24.0 Å². The summed E-state index contributed by atoms with van der Waals surface area (Å²) < 4.78 is 23.2. The number of anilines is 1. The smallest absolute Gasteiger partial charge is 0.228 e. The van der Waals surface area contributed by atoms with Crippen molar-refractivity contribution in [1.82, 2.24) is 9.80 Å². The maximum absolute atomic E-state index is 12.5. The molecule has 0 aromatic heterocycles. The lowest BCUT2D eigenvalue weighted by Crippen LogP contribution is -2.48. The Morgan fingerprint density at radius 3 is 2.08 bits per heavy atom. The summed E-state index contributed by atoms with van der Waals surface area (Å²) in [5.74, 6) is -0.141. The molecule has 0 unspecified atom stereocenters. The van der Waals surface area contributed by atoms with Crippen molar-refractivity contribution in [2.45, 2.75) is 44.7 Å². The number of carbonyl (C=O) groups is 1. The molecule has 1 fully saturated rings. The van der Waals surface area contributed by atoms with E-state index in [9.17, 15) is 13.2 Å². The molecule has 1 N–H and O–H groups in total. The summed E-state index contributed by atoms with van der Waals surface area (Å²) in [7, 11) is -3.25. The van der Waals surface area contributed by atoms with Crippen molar-refractivity contribution in [3.05, 3.63) is 83.4 Å². The van der Waals surface area contributed by atoms with Crippen molar-refractivity contribution in [2.24, 2.45) is 0 Å². The van der Waals surface area contributed by atoms with E-state index in [2.05, 4.69) is 60.2 Å². The first-order valence-corrected chi connectivity index (χ1v) is 14.7. The number of piperazine rings is 1. The van der Waals surface area contributed by atoms with Crippen LogP contribution in [0.5, 0.6) is 0 Å². The molecule has 0 aliphatic carbocycles. The van der Waals surface area contributed by atoms with Crippen molar-refractivity contribution in [3.8, 4) is 11.1 Å². The Hall–Kier alpha value is -3.00. The SMILES string of the molecule is Cc1cc(NC(=O)Cc2ccc(S(C)(=O)=O)cc2)ccc1-c1ccc(CN2CCN(C(C)C)CC2)cc1. The lowest BCUT2D eigenvalue weighted by molar-refractivity contribution is -0.115. The Balaban J connectivity index is 1.33. The van der Waals surface area contributed by atoms with E-state index in [0.717, 1.165) is 60.7 Å². The zero-order valence-electron chi connectivity index (χ0n) is 22.2. The molecule has 3 aromatic rings. The topological polar surface area (TPSA) is 69.7 Å². The van der Waals surface area contributed by atoms with Crippen LogP contribution in [-0.4, -0.2) is 62.6 Å². The monoisotopic (exact) mass is 519 g/mol. The molecule has 37 heavy (non-hydrogen) atoms. The van der Waals surface area contributed by atoms with Crippen LogP contribution in [0.25, 0.3) is 11.1 Å². The summed E-state index contributed by atoms with van der Waals surface area (Å²) in [6, 6.07) is 21.8. The third kappa shape index (κ3) is 7.28. The van der Waals surface area contributed by atoms with Crippen LogP contribution in [0, 0.1) is 6.92 Å². The summed E-state index contributed by atoms with van der Waals surface area (Å²) >= 11 is 0. The Labute approximate surface area is 221 Å². The van der Waals surface area contributed by atoms with Crippen LogP contribution in [0.1, 0.15) is 30.5 Å². The van der Waals surface area contributed by atoms with E-state index in [1.54, 1.807) is 12.1 Å². The van der Waals surface area contributed by atoms with Crippen LogP contribution < -0.4 is 5.32 Å². The average molecular weight is 520 g/mol. The molecule has 0 spiro atoms. The standard InChI is InChI=1S/C30H37N3O3S/c1-22(2)33-17-15-32(16-18-33)21-25-5-9-26(10-6-25)29-14-11-27(19-23(29)3)31-30(34)20-24-7-12-28(13-8-24)37(4,35)36/h5-14,19,22H,15-18,20-21H2,1-4H3,(H,31,34). The minimum absolute atomic E-state index is 0.141. The number of carbonyl (C=O) groups excluding carboxylic acids is 1. The molecule has 1 saturated heterocycles. The fourth-order valence-electron chi connectivity index (χ4n) is 4.80. The average Bonchev–Trinajstić information content (AvgIpc) is 2.85. The van der Waals surface area contributed by atoms with Gasteiger partial charge in [-0.25, -0.2) is 8.42 Å². The number of sulfone groups is 1. The second kappa shape index (κ2) is 11.6. The molecule has 196 valence electrons. The van der Waals surface area contributed by atoms with Gasteiger partial charge in [-0.1, -0.05) is 42.5 Å². The maximum atomic E-state index is 12.5. The third-order valence-electron chi connectivity index (χ3n) is 7.03. The summed E-state index contributed by atoms with van der Waals surface area (Å²) in [4.78, 5) is 17.9. The van der Waals surface area contributed by atoms with Gasteiger partial charge in [-0.05, 0) is 72.9 Å². The fourth-order valence-corrected chi connectivity index (χ4v) is 5.43. The number of nitrogens with zero attached hydrogens (tertiary/aromatic N) is 2. The van der Waals surface area contributed by atoms with Gasteiger partial charge in [0, 0.05) is 50.7 Å². The highest BCUT2D eigenvalue weighted by atomic mass is 32.2. The number of aryl methyl sites for hydroxylation is 1. The Morgan fingerprint density at radius 2 is 1.51 bits per heavy atom. The highest BCUT2D eigenvalue weighted by Gasteiger charge is 2.18. The molecule has 1 amide bonds. The Morgan fingerprint density at radius 1 is 0.892 bits per heavy atom. The molecule has 0 atom stereocenters. The predicted molar refractivity (Wildman–Crippen MR) is 150 cm³/mol. The van der Waals surface area contributed by atoms with Gasteiger partial charge in [-0.2, -0.15) is 0 Å². The normalized spacial score (nSPS) is 15.2. The van der Waals surface area contributed by atoms with Crippen LogP contribution in [0.2, 0.25) is 0 Å². The van der Waals surface area contributed by atoms with E-state index in [-0.39, 0.29) is 17.2 Å². The summed E-state index contributed by atoms with van der Waals surface area (Å²) in [5, 5.41) is 2.95. The molecule has 1 heterocycles. The number of hydrogen-bond acceptors (Lipinski definition) is 5. The van der Waals surface area contributed by atoms with E-state index >= 15 is 0 Å². The summed E-state index contributed by atoms with van der Waals surface area (Å²) in [5.41, 5.74) is 6.23. The minimum atomic E-state index is -3.25. The van der Waals surface area contributed by atoms with Gasteiger partial charge in [0.2, 0.25) is 5.91 Å². The van der Waals surface area contributed by atoms with Crippen LogP contribution in [0.15, 0.2) is 71.6 Å². The van der Waals surface area contributed by atoms with Crippen LogP contribution in [-0.2, 0) is 27.6 Å². The molecular formula is C30H37N3O3S. The number of hydrogen-bond donors (Lipinski definition) is 1. The lowest BCUT2D eigenvalue weighted by Gasteiger charge is -2.36. The van der Waals surface area contributed by atoms with E-state index in [0.29, 0.717) is 6.04 Å². The van der Waals surface area contributed by atoms with Crippen molar-refractivity contribution in [3.63, 3.8) is 0 Å². The molecule has 7 heteroatoms. The number of rotatable bonds is 8. The maximum Gasteiger partial charge on any atom is 0.228 e. The van der Waals surface area contributed by atoms with Crippen molar-refractivity contribution in [1.29, 1.82) is 0 Å². The van der Waals surface area contributed by atoms with Crippen molar-refractivity contribution in [2.75, 3.05) is 37.8 Å². The van der Waals surface area contributed by atoms with Gasteiger partial charge in [-0.3, -0.25) is 14.6 Å². The van der Waals surface area contributed by atoms with Crippen molar-refractivity contribution >= 4 is 21.4 Å². The van der Waals surface area contributed by atoms with Gasteiger partial charge in [-0.15, -0.1) is 0 Å². The molecule has 1 aliphatic rings. The van der Waals surface area contributed by atoms with Gasteiger partial charge in [0.25, 0.3) is 0 Å². The lowest BCUT2D eigenvalue weighted by atomic mass is 9.98. The highest BCUT2D eigenvalue weighted by Crippen LogP contribution is 2.27. The predicted octanol–water partition coefficient (Wildman–Crippen LogP) is 4.77. The molecule has 0 saturated carbocycles. The molecule has 1 aliphatic heterocycles. The van der Waals surface area contributed by atoms with Gasteiger partial charge in [0.05, 0.1) is 11.3 Å². The quantitative estimate of drug-likeness (QED) is 0.464. The van der Waals surface area contributed by atoms with E-state index < -0.39 is 9.84 Å². The van der Waals surface area contributed by atoms with E-state index in [4.69, 9.17) is 0 Å². The van der Waals surface area contributed by atoms with Crippen LogP contribution >= 0.6 is 0 Å². The molecule has 6 nitrogen and oxygen atoms in total. The van der Waals surface area contributed by atoms with Crippen LogP contribution in [0.3, 0.4) is 0 Å². The Kier molecular flexibility index (Phi) is 8.47. The zero-order chi connectivity index (χ0) is 26.6. The first-order valence-electron chi connectivity index (χ1n) is 12.8. The first-order chi connectivity index (χ1) is 17.6.